The summed E-state index contributed by atoms with van der Waals surface area (Å²) >= 11 is 2.07. The Kier molecular flexibility index (Phi) is 20.1. The van der Waals surface area contributed by atoms with Gasteiger partial charge in [0.1, 0.15) is 6.67 Å². The number of nitrogens with two attached hydrogens (primary N) is 1. The molecule has 208 valence electrons. The number of urea groups is 1. The molecular weight excluding hydrogens is 513 g/mol. The lowest BCUT2D eigenvalue weighted by Crippen LogP contribution is -2.40. The van der Waals surface area contributed by atoms with E-state index in [1.54, 1.807) is 17.0 Å². The maximum Gasteiger partial charge on any atom is 0.348 e. The molecule has 1 aromatic heterocycles. The summed E-state index contributed by atoms with van der Waals surface area (Å²) in [4.78, 5) is 30.4. The number of morpholine rings is 1. The molecule has 1 saturated heterocycles. The molecule has 1 aliphatic heterocycles. The predicted molar refractivity (Wildman–Crippen MR) is 157 cm³/mol. The first-order valence-corrected chi connectivity index (χ1v) is 14.3. The zero-order valence-electron chi connectivity index (χ0n) is 22.6. The van der Waals surface area contributed by atoms with Gasteiger partial charge >= 0.3 is 6.03 Å². The first-order chi connectivity index (χ1) is 17.9. The van der Waals surface area contributed by atoms with E-state index < -0.39 is 6.03 Å². The number of anilines is 1. The second-order valence-electron chi connectivity index (χ2n) is 7.29. The van der Waals surface area contributed by atoms with Crippen molar-refractivity contribution in [2.75, 3.05) is 38.3 Å². The summed E-state index contributed by atoms with van der Waals surface area (Å²) in [6.45, 7) is 12.1. The minimum atomic E-state index is -0.629. The van der Waals surface area contributed by atoms with E-state index in [0.717, 1.165) is 42.1 Å². The van der Waals surface area contributed by atoms with Crippen LogP contribution in [0.25, 0.3) is 0 Å². The molecule has 3 amide bonds. The van der Waals surface area contributed by atoms with Gasteiger partial charge in [-0.15, -0.1) is 11.3 Å². The molecule has 2 rings (SSSR count). The summed E-state index contributed by atoms with van der Waals surface area (Å²) in [6.07, 6.45) is 9.42. The number of hydrogen-bond acceptors (Lipinski definition) is 6. The molecule has 0 aromatic carbocycles. The van der Waals surface area contributed by atoms with Gasteiger partial charge in [0.2, 0.25) is 0 Å². The first kappa shape index (κ1) is 34.5. The number of allylic oxidation sites excluding steroid dienone is 4. The molecule has 0 unspecified atom stereocenters. The zero-order chi connectivity index (χ0) is 28.1. The molecular formula is C26H42FN5O3S2. The number of amidine groups is 1. The molecule has 0 bridgehead atoms. The zero-order valence-corrected chi connectivity index (χ0v) is 24.3. The van der Waals surface area contributed by atoms with Crippen LogP contribution in [0.1, 0.15) is 69.1 Å². The number of aryl methyl sites for hydroxylation is 1. The molecule has 11 heteroatoms. The number of alkyl halides is 1. The third kappa shape index (κ3) is 14.1. The van der Waals surface area contributed by atoms with Crippen molar-refractivity contribution in [3.8, 4) is 0 Å². The molecule has 0 radical (unpaired) electrons. The first-order valence-electron chi connectivity index (χ1n) is 12.6. The van der Waals surface area contributed by atoms with Crippen molar-refractivity contribution in [1.82, 2.24) is 4.90 Å². The van der Waals surface area contributed by atoms with Crippen LogP contribution in [0.15, 0.2) is 34.9 Å². The molecule has 0 saturated carbocycles. The number of amides is 3. The van der Waals surface area contributed by atoms with Crippen LogP contribution in [0.3, 0.4) is 0 Å². The van der Waals surface area contributed by atoms with Gasteiger partial charge in [-0.05, 0) is 49.1 Å². The fourth-order valence-corrected chi connectivity index (χ4v) is 4.49. The third-order valence-corrected chi connectivity index (χ3v) is 6.42. The van der Waals surface area contributed by atoms with Gasteiger partial charge in [0.15, 0.2) is 5.17 Å². The number of thiophene rings is 1. The Labute approximate surface area is 229 Å². The second-order valence-corrected chi connectivity index (χ2v) is 9.23. The van der Waals surface area contributed by atoms with Crippen LogP contribution in [0.5, 0.6) is 0 Å². The van der Waals surface area contributed by atoms with Gasteiger partial charge in [-0.1, -0.05) is 58.4 Å². The number of rotatable bonds is 9. The Hall–Kier alpha value is -2.50. The third-order valence-electron chi connectivity index (χ3n) is 4.89. The van der Waals surface area contributed by atoms with Crippen molar-refractivity contribution < 1.29 is 18.7 Å². The average molecular weight is 556 g/mol. The van der Waals surface area contributed by atoms with E-state index in [4.69, 9.17) is 15.9 Å². The Morgan fingerprint density at radius 2 is 1.95 bits per heavy atom. The maximum absolute atomic E-state index is 12.6. The highest BCUT2D eigenvalue weighted by atomic mass is 32.2. The number of carbonyl (C=O) groups excluding carboxylic acids is 2. The van der Waals surface area contributed by atoms with Gasteiger partial charge < -0.3 is 20.8 Å². The normalized spacial score (nSPS) is 13.8. The van der Waals surface area contributed by atoms with Gasteiger partial charge in [0.05, 0.1) is 28.6 Å². The molecule has 0 atom stereocenters. The van der Waals surface area contributed by atoms with Crippen molar-refractivity contribution in [2.24, 2.45) is 10.7 Å². The monoisotopic (exact) mass is 555 g/mol. The maximum atomic E-state index is 12.6. The molecule has 1 fully saturated rings. The van der Waals surface area contributed by atoms with Crippen LogP contribution in [0.4, 0.5) is 14.2 Å². The van der Waals surface area contributed by atoms with E-state index in [9.17, 15) is 14.0 Å². The van der Waals surface area contributed by atoms with E-state index in [1.807, 2.05) is 26.8 Å². The fourth-order valence-electron chi connectivity index (χ4n) is 3.12. The lowest BCUT2D eigenvalue weighted by atomic mass is 10.1. The molecule has 37 heavy (non-hydrogen) atoms. The quantitative estimate of drug-likeness (QED) is 0.179. The van der Waals surface area contributed by atoms with Gasteiger partial charge in [0, 0.05) is 13.1 Å². The average Bonchev–Trinajstić information content (AvgIpc) is 3.32. The SMILES string of the molecule is CC.CC/C=C(/CC)C/C=C\CF.CCc1cc(NC(=O)/N=C(/N)SC=N)sc1C(=O)N1CCOCC1. The number of aliphatic imine (C=N–C) groups is 1. The van der Waals surface area contributed by atoms with Gasteiger partial charge in [-0.25, -0.2) is 9.18 Å². The summed E-state index contributed by atoms with van der Waals surface area (Å²) in [6, 6.07) is 1.15. The molecule has 0 aliphatic carbocycles. The van der Waals surface area contributed by atoms with Crippen molar-refractivity contribution >= 4 is 50.8 Å². The van der Waals surface area contributed by atoms with Crippen LogP contribution in [-0.4, -0.2) is 60.5 Å². The number of thioether (sulfide) groups is 1. The lowest BCUT2D eigenvalue weighted by molar-refractivity contribution is 0.0305. The van der Waals surface area contributed by atoms with Crippen LogP contribution in [0, 0.1) is 5.41 Å². The predicted octanol–water partition coefficient (Wildman–Crippen LogP) is 6.64. The van der Waals surface area contributed by atoms with Crippen LogP contribution >= 0.6 is 23.1 Å². The molecule has 8 nitrogen and oxygen atoms in total. The van der Waals surface area contributed by atoms with Crippen LogP contribution in [-0.2, 0) is 11.2 Å². The topological polar surface area (TPSA) is 121 Å². The molecule has 4 N–H and O–H groups in total. The van der Waals surface area contributed by atoms with Gasteiger partial charge in [0.25, 0.3) is 5.91 Å². The fraction of sp³-hybridized carbons (Fsp3) is 0.538. The van der Waals surface area contributed by atoms with Crippen molar-refractivity contribution in [3.05, 3.63) is 40.3 Å². The van der Waals surface area contributed by atoms with E-state index in [1.165, 1.54) is 16.9 Å². The summed E-state index contributed by atoms with van der Waals surface area (Å²) < 4.78 is 16.9. The van der Waals surface area contributed by atoms with E-state index in [-0.39, 0.29) is 17.7 Å². The lowest BCUT2D eigenvalue weighted by Gasteiger charge is -2.26. The number of carbonyl (C=O) groups is 2. The second kappa shape index (κ2) is 21.6. The number of hydrogen-bond donors (Lipinski definition) is 3. The molecule has 1 aromatic rings. The Morgan fingerprint density at radius 3 is 2.49 bits per heavy atom. The van der Waals surface area contributed by atoms with Gasteiger partial charge in [-0.2, -0.15) is 4.99 Å². The molecule has 0 spiro atoms. The van der Waals surface area contributed by atoms with E-state index >= 15 is 0 Å². The smallest absolute Gasteiger partial charge is 0.348 e. The van der Waals surface area contributed by atoms with Crippen molar-refractivity contribution in [2.45, 2.75) is 60.3 Å². The minimum Gasteiger partial charge on any atom is -0.378 e. The van der Waals surface area contributed by atoms with Crippen molar-refractivity contribution in [1.29, 1.82) is 5.41 Å². The summed E-state index contributed by atoms with van der Waals surface area (Å²) in [7, 11) is 0. The summed E-state index contributed by atoms with van der Waals surface area (Å²) in [5.41, 5.74) is 8.76. The van der Waals surface area contributed by atoms with Gasteiger partial charge in [-0.3, -0.25) is 10.1 Å². The molecule has 1 aliphatic rings. The highest BCUT2D eigenvalue weighted by molar-refractivity contribution is 8.24. The number of nitrogens with zero attached hydrogens (tertiary/aromatic N) is 2. The van der Waals surface area contributed by atoms with Crippen LogP contribution < -0.4 is 11.1 Å². The number of nitrogens with one attached hydrogen (secondary N) is 2. The summed E-state index contributed by atoms with van der Waals surface area (Å²) in [5.74, 6) is -0.0389. The van der Waals surface area contributed by atoms with E-state index in [0.29, 0.717) is 42.6 Å². The van der Waals surface area contributed by atoms with Crippen molar-refractivity contribution in [3.63, 3.8) is 0 Å². The highest BCUT2D eigenvalue weighted by Gasteiger charge is 2.23. The Morgan fingerprint density at radius 1 is 1.27 bits per heavy atom. The number of ether oxygens (including phenoxy) is 1. The van der Waals surface area contributed by atoms with E-state index in [2.05, 4.69) is 30.2 Å². The van der Waals surface area contributed by atoms with Crippen LogP contribution in [0.2, 0.25) is 0 Å². The Balaban J connectivity index is 0.000000841. The molecule has 2 heterocycles. The Bertz CT molecular complexity index is 910. The number of halogens is 1. The standard InChI is InChI=1S/C14H19N5O3S2.C10H17F.C2H6/c1-2-9-7-10(17-14(21)18-13(16)23-8-15)24-11(9)12(20)19-3-5-22-6-4-19;1-3-7-10(4-2)8-5-6-9-11;1-2/h7-8,15H,2-6H2,1H3,(H3,16,17,18,21);5-7H,3-4,8-9H2,1-2H3;1-2H3/b;6-5-,10-7-;. The largest absolute Gasteiger partial charge is 0.378 e. The summed E-state index contributed by atoms with van der Waals surface area (Å²) in [5, 5.41) is 10.0. The minimum absolute atomic E-state index is 0.0145. The highest BCUT2D eigenvalue weighted by Crippen LogP contribution is 2.29.